The number of carbonyl (C=O) groups excluding carboxylic acids is 1. The molecule has 8 heteroatoms. The molecule has 1 aliphatic heterocycles. The smallest absolute Gasteiger partial charge is 0.254 e. The molecule has 31 heavy (non-hydrogen) atoms. The lowest BCUT2D eigenvalue weighted by Crippen LogP contribution is -2.49. The van der Waals surface area contributed by atoms with Crippen molar-refractivity contribution in [1.29, 1.82) is 5.26 Å². The van der Waals surface area contributed by atoms with Gasteiger partial charge in [-0.3, -0.25) is 4.79 Å². The van der Waals surface area contributed by atoms with Gasteiger partial charge in [0.25, 0.3) is 5.91 Å². The van der Waals surface area contributed by atoms with Gasteiger partial charge in [-0.05, 0) is 51.0 Å². The van der Waals surface area contributed by atoms with Gasteiger partial charge in [0.15, 0.2) is 0 Å². The minimum absolute atomic E-state index is 0.0149. The molecule has 6 nitrogen and oxygen atoms in total. The van der Waals surface area contributed by atoms with Crippen molar-refractivity contribution < 1.29 is 13.9 Å². The van der Waals surface area contributed by atoms with Gasteiger partial charge in [-0.1, -0.05) is 0 Å². The van der Waals surface area contributed by atoms with Crippen molar-refractivity contribution in [3.63, 3.8) is 0 Å². The number of aromatic nitrogens is 2. The molecule has 0 bridgehead atoms. The predicted octanol–water partition coefficient (Wildman–Crippen LogP) is 4.60. The number of ether oxygens (including phenoxy) is 1. The zero-order valence-corrected chi connectivity index (χ0v) is 18.0. The lowest BCUT2D eigenvalue weighted by Gasteiger charge is -2.38. The largest absolute Gasteiger partial charge is 0.472 e. The minimum atomic E-state index is -0.409. The quantitative estimate of drug-likeness (QED) is 0.597. The number of pyridine rings is 1. The number of hydrogen-bond acceptors (Lipinski definition) is 6. The van der Waals surface area contributed by atoms with Gasteiger partial charge < -0.3 is 9.64 Å². The molecule has 2 aromatic heterocycles. The van der Waals surface area contributed by atoms with Gasteiger partial charge in [-0.25, -0.2) is 14.4 Å². The fourth-order valence-corrected chi connectivity index (χ4v) is 4.43. The zero-order valence-electron chi connectivity index (χ0n) is 17.2. The molecule has 2 atom stereocenters. The summed E-state index contributed by atoms with van der Waals surface area (Å²) in [4.78, 5) is 23.7. The number of amides is 1. The molecular formula is C23H21FN4O2S. The summed E-state index contributed by atoms with van der Waals surface area (Å²) in [6, 6.07) is 7.97. The Labute approximate surface area is 183 Å². The second-order valence-corrected chi connectivity index (χ2v) is 8.45. The van der Waals surface area contributed by atoms with E-state index in [-0.39, 0.29) is 18.1 Å². The Morgan fingerprint density at radius 1 is 1.29 bits per heavy atom. The maximum atomic E-state index is 13.9. The Morgan fingerprint density at radius 2 is 2.13 bits per heavy atom. The van der Waals surface area contributed by atoms with E-state index in [9.17, 15) is 14.4 Å². The maximum Gasteiger partial charge on any atom is 0.254 e. The number of halogens is 1. The first-order valence-corrected chi connectivity index (χ1v) is 10.9. The summed E-state index contributed by atoms with van der Waals surface area (Å²) in [5, 5.41) is 11.6. The molecule has 0 radical (unpaired) electrons. The first-order chi connectivity index (χ1) is 15.0. The molecule has 1 amide bonds. The third kappa shape index (κ3) is 4.28. The summed E-state index contributed by atoms with van der Waals surface area (Å²) < 4.78 is 20.0. The van der Waals surface area contributed by atoms with Crippen molar-refractivity contribution in [1.82, 2.24) is 14.9 Å². The monoisotopic (exact) mass is 436 g/mol. The molecule has 1 fully saturated rings. The highest BCUT2D eigenvalue weighted by Crippen LogP contribution is 2.30. The summed E-state index contributed by atoms with van der Waals surface area (Å²) in [7, 11) is 0. The lowest BCUT2D eigenvalue weighted by molar-refractivity contribution is 0.0371. The molecule has 0 N–H and O–H groups in total. The van der Waals surface area contributed by atoms with Gasteiger partial charge in [0.05, 0.1) is 18.2 Å². The molecule has 1 aliphatic rings. The van der Waals surface area contributed by atoms with Crippen LogP contribution in [0.1, 0.15) is 41.3 Å². The number of likely N-dealkylation sites (tertiary alicyclic amines) is 1. The Kier molecular flexibility index (Phi) is 5.96. The highest BCUT2D eigenvalue weighted by Gasteiger charge is 2.32. The molecule has 1 unspecified atom stereocenters. The van der Waals surface area contributed by atoms with Crippen LogP contribution in [0.25, 0.3) is 10.6 Å². The van der Waals surface area contributed by atoms with E-state index in [1.165, 1.54) is 29.5 Å². The number of nitrogens with zero attached hydrogens (tertiary/aromatic N) is 4. The number of hydrogen-bond donors (Lipinski definition) is 0. The highest BCUT2D eigenvalue weighted by atomic mass is 32.1. The van der Waals surface area contributed by atoms with E-state index < -0.39 is 5.82 Å². The van der Waals surface area contributed by atoms with Crippen LogP contribution >= 0.6 is 11.3 Å². The van der Waals surface area contributed by atoms with Gasteiger partial charge >= 0.3 is 0 Å². The molecule has 3 heterocycles. The standard InChI is InChI=1S/C23H21FN4O2S/c1-14-3-5-18(30-21-15(2)16(12-25)7-8-26-21)13-28(14)23(29)19-6-4-17(24)11-20(19)22-27-9-10-31-22/h4,6-11,14,18H,3,5,13H2,1-2H3/t14-,18?/m1/s1. The number of nitriles is 1. The second kappa shape index (κ2) is 8.82. The van der Waals surface area contributed by atoms with Crippen LogP contribution in [0.15, 0.2) is 42.0 Å². The average Bonchev–Trinajstić information content (AvgIpc) is 3.31. The summed E-state index contributed by atoms with van der Waals surface area (Å²) in [6.45, 7) is 4.18. The van der Waals surface area contributed by atoms with Gasteiger partial charge in [0.2, 0.25) is 5.88 Å². The van der Waals surface area contributed by atoms with E-state index in [2.05, 4.69) is 16.0 Å². The molecular weight excluding hydrogens is 415 g/mol. The van der Waals surface area contributed by atoms with Crippen LogP contribution in [-0.2, 0) is 0 Å². The molecule has 4 rings (SSSR count). The van der Waals surface area contributed by atoms with E-state index in [4.69, 9.17) is 4.74 Å². The molecule has 1 saturated heterocycles. The number of thiazole rings is 1. The third-order valence-electron chi connectivity index (χ3n) is 5.53. The van der Waals surface area contributed by atoms with E-state index in [0.29, 0.717) is 39.7 Å². The fraction of sp³-hybridized carbons (Fsp3) is 0.304. The first kappa shape index (κ1) is 20.9. The van der Waals surface area contributed by atoms with E-state index in [1.807, 2.05) is 6.92 Å². The van der Waals surface area contributed by atoms with Crippen LogP contribution in [-0.4, -0.2) is 39.5 Å². The predicted molar refractivity (Wildman–Crippen MR) is 115 cm³/mol. The highest BCUT2D eigenvalue weighted by molar-refractivity contribution is 7.13. The number of benzene rings is 1. The topological polar surface area (TPSA) is 79.1 Å². The molecule has 1 aromatic carbocycles. The summed E-state index contributed by atoms with van der Waals surface area (Å²) >= 11 is 1.36. The molecule has 0 saturated carbocycles. The average molecular weight is 437 g/mol. The van der Waals surface area contributed by atoms with Crippen molar-refractivity contribution in [3.05, 3.63) is 64.5 Å². The van der Waals surface area contributed by atoms with Crippen molar-refractivity contribution in [3.8, 4) is 22.5 Å². The van der Waals surface area contributed by atoms with Crippen LogP contribution < -0.4 is 4.74 Å². The van der Waals surface area contributed by atoms with E-state index in [0.717, 1.165) is 12.8 Å². The minimum Gasteiger partial charge on any atom is -0.472 e. The first-order valence-electron chi connectivity index (χ1n) is 10.0. The fourth-order valence-electron chi connectivity index (χ4n) is 3.76. The van der Waals surface area contributed by atoms with Gasteiger partial charge in [-0.2, -0.15) is 5.26 Å². The number of piperidine rings is 1. The summed E-state index contributed by atoms with van der Waals surface area (Å²) in [5.74, 6) is -0.175. The lowest BCUT2D eigenvalue weighted by atomic mass is 9.98. The van der Waals surface area contributed by atoms with Crippen LogP contribution in [0, 0.1) is 24.1 Å². The van der Waals surface area contributed by atoms with Crippen LogP contribution in [0.4, 0.5) is 4.39 Å². The Morgan fingerprint density at radius 3 is 2.87 bits per heavy atom. The van der Waals surface area contributed by atoms with Crippen molar-refractivity contribution in [2.24, 2.45) is 0 Å². The van der Waals surface area contributed by atoms with E-state index in [1.54, 1.807) is 35.7 Å². The Balaban J connectivity index is 1.59. The van der Waals surface area contributed by atoms with E-state index >= 15 is 0 Å². The van der Waals surface area contributed by atoms with Gasteiger partial charge in [0, 0.05) is 40.5 Å². The van der Waals surface area contributed by atoms with Crippen LogP contribution in [0.3, 0.4) is 0 Å². The summed E-state index contributed by atoms with van der Waals surface area (Å²) in [5.41, 5.74) is 2.12. The van der Waals surface area contributed by atoms with Gasteiger partial charge in [-0.15, -0.1) is 11.3 Å². The zero-order chi connectivity index (χ0) is 22.0. The van der Waals surface area contributed by atoms with Crippen molar-refractivity contribution in [2.45, 2.75) is 38.8 Å². The molecule has 0 spiro atoms. The normalized spacial score (nSPS) is 18.5. The number of carbonyl (C=O) groups is 1. The Hall–Kier alpha value is -3.31. The summed E-state index contributed by atoms with van der Waals surface area (Å²) in [6.07, 6.45) is 4.47. The van der Waals surface area contributed by atoms with Gasteiger partial charge in [0.1, 0.15) is 16.9 Å². The maximum absolute atomic E-state index is 13.9. The Bertz CT molecular complexity index is 1140. The molecule has 158 valence electrons. The van der Waals surface area contributed by atoms with Crippen LogP contribution in [0.2, 0.25) is 0 Å². The third-order valence-corrected chi connectivity index (χ3v) is 6.34. The molecule has 3 aromatic rings. The van der Waals surface area contributed by atoms with Crippen molar-refractivity contribution >= 4 is 17.2 Å². The molecule has 0 aliphatic carbocycles. The van der Waals surface area contributed by atoms with Crippen molar-refractivity contribution in [2.75, 3.05) is 6.54 Å². The number of rotatable bonds is 4. The second-order valence-electron chi connectivity index (χ2n) is 7.55. The SMILES string of the molecule is Cc1c(C#N)ccnc1OC1CC[C@@H](C)N(C(=O)c2ccc(F)cc2-c2nccs2)C1. The van der Waals surface area contributed by atoms with Crippen LogP contribution in [0.5, 0.6) is 5.88 Å².